The molecule has 2 fully saturated rings. The maximum atomic E-state index is 15.2. The molecular formula is C22H28FN3O2. The predicted molar refractivity (Wildman–Crippen MR) is 109 cm³/mol. The van der Waals surface area contributed by atoms with E-state index >= 15 is 4.39 Å². The molecule has 0 spiro atoms. The Bertz CT molecular complexity index is 800. The number of ether oxygens (including phenoxy) is 2. The molecule has 2 unspecified atom stereocenters. The van der Waals surface area contributed by atoms with Gasteiger partial charge >= 0.3 is 0 Å². The molecule has 6 heteroatoms. The van der Waals surface area contributed by atoms with E-state index in [0.717, 1.165) is 44.3 Å². The molecule has 5 nitrogen and oxygen atoms in total. The van der Waals surface area contributed by atoms with Crippen LogP contribution >= 0.6 is 0 Å². The zero-order chi connectivity index (χ0) is 19.9. The number of aliphatic imine (C=N–C) groups is 1. The first-order valence-corrected chi connectivity index (χ1v) is 9.86. The summed E-state index contributed by atoms with van der Waals surface area (Å²) >= 11 is 0. The standard InChI is InChI=1S/C22H28FN3O2/c1-15-6-10-17(11-9-16-7-8-16)21(23)20(15)22(27-2)19(26-24)14-25-13-18-5-3-4-12-28-18/h6,10,14,16,18,22H,3-5,7-8,12-13,24H2,1-2H3/b25-14?,26-19+. The highest BCUT2D eigenvalue weighted by atomic mass is 19.1. The molecule has 0 aromatic heterocycles. The Morgan fingerprint density at radius 1 is 1.39 bits per heavy atom. The van der Waals surface area contributed by atoms with Crippen molar-refractivity contribution >= 4 is 11.9 Å². The number of nitrogens with zero attached hydrogens (tertiary/aromatic N) is 2. The van der Waals surface area contributed by atoms with Crippen LogP contribution < -0.4 is 5.84 Å². The van der Waals surface area contributed by atoms with Crippen LogP contribution in [-0.4, -0.2) is 38.3 Å². The van der Waals surface area contributed by atoms with Crippen LogP contribution in [0.15, 0.2) is 22.2 Å². The zero-order valence-corrected chi connectivity index (χ0v) is 16.6. The van der Waals surface area contributed by atoms with Gasteiger partial charge in [-0.05, 0) is 50.7 Å². The number of hydrogen-bond acceptors (Lipinski definition) is 5. The maximum absolute atomic E-state index is 15.2. The highest BCUT2D eigenvalue weighted by molar-refractivity contribution is 6.32. The fourth-order valence-electron chi connectivity index (χ4n) is 3.29. The third-order valence-electron chi connectivity index (χ3n) is 5.11. The van der Waals surface area contributed by atoms with Gasteiger partial charge in [0.15, 0.2) is 0 Å². The SMILES string of the molecule is COC(/C(C=NCC1CCCCO1)=N/N)c1c(C)ccc(C#CC2CC2)c1F. The largest absolute Gasteiger partial charge is 0.376 e. The summed E-state index contributed by atoms with van der Waals surface area (Å²) in [6.45, 7) is 3.14. The number of halogens is 1. The molecular weight excluding hydrogens is 357 g/mol. The van der Waals surface area contributed by atoms with Gasteiger partial charge in [0, 0.05) is 31.4 Å². The molecule has 1 aromatic carbocycles. The Labute approximate surface area is 166 Å². The van der Waals surface area contributed by atoms with Crippen LogP contribution in [0.5, 0.6) is 0 Å². The highest BCUT2D eigenvalue weighted by Gasteiger charge is 2.25. The lowest BCUT2D eigenvalue weighted by molar-refractivity contribution is 0.0226. The van der Waals surface area contributed by atoms with Crippen molar-refractivity contribution in [2.24, 2.45) is 21.9 Å². The highest BCUT2D eigenvalue weighted by Crippen LogP contribution is 2.29. The number of hydrogen-bond donors (Lipinski definition) is 1. The Balaban J connectivity index is 1.80. The average molecular weight is 385 g/mol. The van der Waals surface area contributed by atoms with E-state index < -0.39 is 6.10 Å². The molecule has 1 aliphatic heterocycles. The van der Waals surface area contributed by atoms with Gasteiger partial charge < -0.3 is 15.3 Å². The first-order valence-electron chi connectivity index (χ1n) is 9.86. The number of aryl methyl sites for hydroxylation is 1. The quantitative estimate of drug-likeness (QED) is 0.352. The number of hydrazone groups is 1. The monoisotopic (exact) mass is 385 g/mol. The fraction of sp³-hybridized carbons (Fsp3) is 0.545. The minimum absolute atomic E-state index is 0.115. The van der Waals surface area contributed by atoms with Crippen LogP contribution in [-0.2, 0) is 9.47 Å². The Kier molecular flexibility index (Phi) is 7.18. The van der Waals surface area contributed by atoms with E-state index in [9.17, 15) is 0 Å². The molecule has 28 heavy (non-hydrogen) atoms. The van der Waals surface area contributed by atoms with E-state index in [2.05, 4.69) is 21.9 Å². The van der Waals surface area contributed by atoms with E-state index in [0.29, 0.717) is 29.3 Å². The first-order chi connectivity index (χ1) is 13.6. The van der Waals surface area contributed by atoms with Crippen molar-refractivity contribution < 1.29 is 13.9 Å². The Morgan fingerprint density at radius 2 is 2.21 bits per heavy atom. The fourth-order valence-corrected chi connectivity index (χ4v) is 3.29. The summed E-state index contributed by atoms with van der Waals surface area (Å²) in [5.74, 6) is 11.7. The Morgan fingerprint density at radius 3 is 2.86 bits per heavy atom. The molecule has 1 aliphatic carbocycles. The molecule has 1 heterocycles. The van der Waals surface area contributed by atoms with E-state index in [-0.39, 0.29) is 11.9 Å². The van der Waals surface area contributed by atoms with Gasteiger partial charge in [-0.1, -0.05) is 17.9 Å². The molecule has 2 atom stereocenters. The normalized spacial score (nSPS) is 21.4. The lowest BCUT2D eigenvalue weighted by Crippen LogP contribution is -2.24. The molecule has 0 bridgehead atoms. The third-order valence-corrected chi connectivity index (χ3v) is 5.11. The van der Waals surface area contributed by atoms with Gasteiger partial charge in [-0.3, -0.25) is 4.99 Å². The second-order valence-corrected chi connectivity index (χ2v) is 7.35. The van der Waals surface area contributed by atoms with Crippen molar-refractivity contribution in [1.29, 1.82) is 0 Å². The van der Waals surface area contributed by atoms with Crippen LogP contribution in [0.25, 0.3) is 0 Å². The molecule has 1 saturated heterocycles. The van der Waals surface area contributed by atoms with E-state index in [1.807, 2.05) is 13.0 Å². The summed E-state index contributed by atoms with van der Waals surface area (Å²) in [6.07, 6.45) is 6.37. The zero-order valence-electron chi connectivity index (χ0n) is 16.6. The minimum Gasteiger partial charge on any atom is -0.376 e. The molecule has 0 amide bonds. The van der Waals surface area contributed by atoms with Crippen molar-refractivity contribution in [2.75, 3.05) is 20.3 Å². The van der Waals surface area contributed by atoms with Gasteiger partial charge in [0.25, 0.3) is 0 Å². The molecule has 3 rings (SSSR count). The number of nitrogens with two attached hydrogens (primary N) is 1. The number of methoxy groups -OCH3 is 1. The molecule has 1 aromatic rings. The lowest BCUT2D eigenvalue weighted by atomic mass is 9.96. The van der Waals surface area contributed by atoms with Crippen LogP contribution in [0.3, 0.4) is 0 Å². The van der Waals surface area contributed by atoms with Crippen molar-refractivity contribution in [3.05, 3.63) is 34.6 Å². The van der Waals surface area contributed by atoms with Crippen molar-refractivity contribution in [1.82, 2.24) is 0 Å². The summed E-state index contributed by atoms with van der Waals surface area (Å²) in [7, 11) is 1.51. The van der Waals surface area contributed by atoms with Crippen LogP contribution in [0.4, 0.5) is 4.39 Å². The molecule has 0 radical (unpaired) electrons. The van der Waals surface area contributed by atoms with Crippen LogP contribution in [0.2, 0.25) is 0 Å². The first kappa shape index (κ1) is 20.5. The average Bonchev–Trinajstić information content (AvgIpc) is 3.54. The number of rotatable bonds is 6. The summed E-state index contributed by atoms with van der Waals surface area (Å²) in [5.41, 5.74) is 1.90. The van der Waals surface area contributed by atoms with Gasteiger partial charge in [0.1, 0.15) is 17.6 Å². The Hall–Kier alpha value is -2.23. The molecule has 2 N–H and O–H groups in total. The smallest absolute Gasteiger partial charge is 0.145 e. The summed E-state index contributed by atoms with van der Waals surface area (Å²) in [5, 5.41) is 3.81. The predicted octanol–water partition coefficient (Wildman–Crippen LogP) is 3.54. The van der Waals surface area contributed by atoms with E-state index in [1.54, 1.807) is 12.3 Å². The van der Waals surface area contributed by atoms with E-state index in [4.69, 9.17) is 15.3 Å². The maximum Gasteiger partial charge on any atom is 0.145 e. The molecule has 1 saturated carbocycles. The van der Waals surface area contributed by atoms with Gasteiger partial charge in [0.05, 0.1) is 18.2 Å². The molecule has 2 aliphatic rings. The van der Waals surface area contributed by atoms with Gasteiger partial charge in [0.2, 0.25) is 0 Å². The van der Waals surface area contributed by atoms with Crippen LogP contribution in [0, 0.1) is 30.5 Å². The second-order valence-electron chi connectivity index (χ2n) is 7.35. The van der Waals surface area contributed by atoms with Gasteiger partial charge in [-0.2, -0.15) is 5.10 Å². The van der Waals surface area contributed by atoms with Crippen LogP contribution in [0.1, 0.15) is 54.9 Å². The van der Waals surface area contributed by atoms with Crippen molar-refractivity contribution in [3.8, 4) is 11.8 Å². The van der Waals surface area contributed by atoms with E-state index in [1.165, 1.54) is 7.11 Å². The molecule has 150 valence electrons. The minimum atomic E-state index is -0.747. The lowest BCUT2D eigenvalue weighted by Gasteiger charge is -2.21. The summed E-state index contributed by atoms with van der Waals surface area (Å²) in [6, 6.07) is 3.56. The van der Waals surface area contributed by atoms with Crippen molar-refractivity contribution in [3.63, 3.8) is 0 Å². The van der Waals surface area contributed by atoms with Gasteiger partial charge in [-0.25, -0.2) is 4.39 Å². The third kappa shape index (κ3) is 5.18. The van der Waals surface area contributed by atoms with Crippen molar-refractivity contribution in [2.45, 2.75) is 51.2 Å². The second kappa shape index (κ2) is 9.81. The topological polar surface area (TPSA) is 69.2 Å². The van der Waals surface area contributed by atoms with Gasteiger partial charge in [-0.15, -0.1) is 0 Å². The summed E-state index contributed by atoms with van der Waals surface area (Å²) in [4.78, 5) is 4.42. The number of benzene rings is 1. The summed E-state index contributed by atoms with van der Waals surface area (Å²) < 4.78 is 26.5.